The molecule has 0 bridgehead atoms. The van der Waals surface area contributed by atoms with Crippen molar-refractivity contribution in [3.8, 4) is 0 Å². The molecule has 1 aromatic carbocycles. The molecule has 0 saturated carbocycles. The van der Waals surface area contributed by atoms with E-state index in [0.29, 0.717) is 31.4 Å². The molecule has 1 unspecified atom stereocenters. The van der Waals surface area contributed by atoms with Gasteiger partial charge in [0.25, 0.3) is 0 Å². The van der Waals surface area contributed by atoms with E-state index < -0.39 is 0 Å². The Morgan fingerprint density at radius 1 is 1.33 bits per heavy atom. The van der Waals surface area contributed by atoms with E-state index >= 15 is 0 Å². The molecule has 2 aliphatic heterocycles. The first-order valence-electron chi connectivity index (χ1n) is 10.6. The van der Waals surface area contributed by atoms with E-state index in [0.717, 1.165) is 38.2 Å². The summed E-state index contributed by atoms with van der Waals surface area (Å²) >= 11 is 0. The molecule has 0 aliphatic carbocycles. The van der Waals surface area contributed by atoms with Crippen molar-refractivity contribution < 1.29 is 14.3 Å². The number of hydrogen-bond donors (Lipinski definition) is 1. The van der Waals surface area contributed by atoms with Gasteiger partial charge in [0.05, 0.1) is 6.61 Å². The topological polar surface area (TPSA) is 77.5 Å². The number of nitrogens with one attached hydrogen (secondary N) is 1. The van der Waals surface area contributed by atoms with Gasteiger partial charge in [-0.15, -0.1) is 0 Å². The number of fused-ring (bicyclic) bond motifs is 1. The molecule has 1 saturated heterocycles. The molecule has 0 aromatic heterocycles. The molecule has 2 amide bonds. The molecule has 8 heteroatoms. The number of likely N-dealkylation sites (N-methyl/N-ethyl adjacent to an activating group) is 1. The van der Waals surface area contributed by atoms with Gasteiger partial charge in [-0.3, -0.25) is 9.59 Å². The van der Waals surface area contributed by atoms with Crippen LogP contribution in [0.25, 0.3) is 0 Å². The van der Waals surface area contributed by atoms with Crippen molar-refractivity contribution >= 4 is 23.5 Å². The lowest BCUT2D eigenvalue weighted by Crippen LogP contribution is -2.43. The fourth-order valence-corrected chi connectivity index (χ4v) is 3.98. The van der Waals surface area contributed by atoms with Crippen LogP contribution in [0.5, 0.6) is 0 Å². The monoisotopic (exact) mass is 415 g/mol. The lowest BCUT2D eigenvalue weighted by Gasteiger charge is -2.24. The Balaban J connectivity index is 1.76. The number of hydrogen-bond acceptors (Lipinski definition) is 4. The second kappa shape index (κ2) is 10.4. The molecule has 2 aliphatic rings. The van der Waals surface area contributed by atoms with E-state index in [4.69, 9.17) is 4.74 Å². The average Bonchev–Trinajstić information content (AvgIpc) is 3.32. The SMILES string of the molecule is COCCNC(=NCC(=O)N(C)C)N1CC(CCN2CCCC2=O)c2ccccc21. The average molecular weight is 416 g/mol. The maximum absolute atomic E-state index is 12.1. The van der Waals surface area contributed by atoms with Crippen LogP contribution in [0.4, 0.5) is 5.69 Å². The third-order valence-corrected chi connectivity index (χ3v) is 5.70. The van der Waals surface area contributed by atoms with E-state index in [2.05, 4.69) is 33.4 Å². The number of ether oxygens (including phenoxy) is 1. The zero-order valence-electron chi connectivity index (χ0n) is 18.3. The maximum atomic E-state index is 12.1. The summed E-state index contributed by atoms with van der Waals surface area (Å²) in [7, 11) is 5.13. The molecular weight excluding hydrogens is 382 g/mol. The van der Waals surface area contributed by atoms with Crippen LogP contribution in [0, 0.1) is 0 Å². The third kappa shape index (κ3) is 5.30. The Hall–Kier alpha value is -2.61. The summed E-state index contributed by atoms with van der Waals surface area (Å²) in [5, 5.41) is 3.34. The van der Waals surface area contributed by atoms with Crippen LogP contribution in [0.15, 0.2) is 29.3 Å². The van der Waals surface area contributed by atoms with Gasteiger partial charge in [0, 0.05) is 65.4 Å². The smallest absolute Gasteiger partial charge is 0.243 e. The summed E-state index contributed by atoms with van der Waals surface area (Å²) < 4.78 is 5.17. The van der Waals surface area contributed by atoms with Crippen molar-refractivity contribution in [1.82, 2.24) is 15.1 Å². The zero-order valence-corrected chi connectivity index (χ0v) is 18.3. The molecule has 0 spiro atoms. The van der Waals surface area contributed by atoms with Gasteiger partial charge in [-0.05, 0) is 24.5 Å². The molecule has 1 atom stereocenters. The molecule has 30 heavy (non-hydrogen) atoms. The van der Waals surface area contributed by atoms with Crippen molar-refractivity contribution in [2.24, 2.45) is 4.99 Å². The van der Waals surface area contributed by atoms with E-state index in [1.165, 1.54) is 5.56 Å². The highest BCUT2D eigenvalue weighted by Gasteiger charge is 2.32. The lowest BCUT2D eigenvalue weighted by atomic mass is 9.98. The molecule has 164 valence electrons. The summed E-state index contributed by atoms with van der Waals surface area (Å²) in [4.78, 5) is 34.4. The molecule has 8 nitrogen and oxygen atoms in total. The fraction of sp³-hybridized carbons (Fsp3) is 0.591. The number of nitrogens with zero attached hydrogens (tertiary/aromatic N) is 4. The number of anilines is 1. The number of benzene rings is 1. The summed E-state index contributed by atoms with van der Waals surface area (Å²) in [6, 6.07) is 8.33. The highest BCUT2D eigenvalue weighted by Crippen LogP contribution is 2.38. The van der Waals surface area contributed by atoms with Gasteiger partial charge in [-0.25, -0.2) is 4.99 Å². The minimum Gasteiger partial charge on any atom is -0.383 e. The minimum absolute atomic E-state index is 0.0439. The second-order valence-electron chi connectivity index (χ2n) is 7.99. The van der Waals surface area contributed by atoms with Gasteiger partial charge in [-0.2, -0.15) is 0 Å². The van der Waals surface area contributed by atoms with Crippen LogP contribution in [-0.2, 0) is 14.3 Å². The van der Waals surface area contributed by atoms with E-state index in [1.807, 2.05) is 11.0 Å². The number of rotatable bonds is 8. The van der Waals surface area contributed by atoms with E-state index in [9.17, 15) is 9.59 Å². The Morgan fingerprint density at radius 3 is 2.83 bits per heavy atom. The normalized spacial score (nSPS) is 18.7. The van der Waals surface area contributed by atoms with Crippen molar-refractivity contribution in [2.45, 2.75) is 25.2 Å². The number of guanidine groups is 1. The molecule has 3 rings (SSSR count). The van der Waals surface area contributed by atoms with Gasteiger partial charge in [0.15, 0.2) is 5.96 Å². The minimum atomic E-state index is -0.0439. The molecule has 2 heterocycles. The van der Waals surface area contributed by atoms with Crippen molar-refractivity contribution in [2.75, 3.05) is 65.4 Å². The molecular formula is C22H33N5O3. The van der Waals surface area contributed by atoms with Crippen molar-refractivity contribution in [3.63, 3.8) is 0 Å². The number of likely N-dealkylation sites (tertiary alicyclic amines) is 1. The standard InChI is InChI=1S/C22H33N5O3/c1-25(2)21(29)15-24-22(23-11-14-30-3)27-16-17(18-7-4-5-8-19(18)27)10-13-26-12-6-9-20(26)28/h4-5,7-8,17H,6,9-16H2,1-3H3,(H,23,24). The maximum Gasteiger partial charge on any atom is 0.243 e. The Labute approximate surface area is 178 Å². The second-order valence-corrected chi connectivity index (χ2v) is 7.99. The quantitative estimate of drug-likeness (QED) is 0.393. The van der Waals surface area contributed by atoms with E-state index in [-0.39, 0.29) is 18.4 Å². The van der Waals surface area contributed by atoms with Gasteiger partial charge < -0.3 is 24.8 Å². The summed E-state index contributed by atoms with van der Waals surface area (Å²) in [6.45, 7) is 3.68. The first-order chi connectivity index (χ1) is 14.5. The predicted octanol–water partition coefficient (Wildman–Crippen LogP) is 1.28. The van der Waals surface area contributed by atoms with Gasteiger partial charge in [0.2, 0.25) is 11.8 Å². The van der Waals surface area contributed by atoms with Crippen LogP contribution in [0.2, 0.25) is 0 Å². The van der Waals surface area contributed by atoms with Crippen LogP contribution in [0.3, 0.4) is 0 Å². The van der Waals surface area contributed by atoms with Crippen LogP contribution in [0.1, 0.15) is 30.7 Å². The lowest BCUT2D eigenvalue weighted by molar-refractivity contribution is -0.128. The van der Waals surface area contributed by atoms with E-state index in [1.54, 1.807) is 26.1 Å². The van der Waals surface area contributed by atoms with Crippen molar-refractivity contribution in [3.05, 3.63) is 29.8 Å². The highest BCUT2D eigenvalue weighted by atomic mass is 16.5. The molecule has 1 aromatic rings. The van der Waals surface area contributed by atoms with Crippen molar-refractivity contribution in [1.29, 1.82) is 0 Å². The number of carbonyl (C=O) groups is 2. The largest absolute Gasteiger partial charge is 0.383 e. The number of methoxy groups -OCH3 is 1. The number of aliphatic imine (C=N–C) groups is 1. The number of carbonyl (C=O) groups excluding carboxylic acids is 2. The van der Waals surface area contributed by atoms with Crippen LogP contribution >= 0.6 is 0 Å². The van der Waals surface area contributed by atoms with Gasteiger partial charge in [0.1, 0.15) is 6.54 Å². The van der Waals surface area contributed by atoms with Gasteiger partial charge in [-0.1, -0.05) is 18.2 Å². The molecule has 1 N–H and O–H groups in total. The Morgan fingerprint density at radius 2 is 2.13 bits per heavy atom. The van der Waals surface area contributed by atoms with Crippen LogP contribution < -0.4 is 10.2 Å². The molecule has 1 fully saturated rings. The van der Waals surface area contributed by atoms with Crippen LogP contribution in [-0.4, -0.2) is 88.1 Å². The summed E-state index contributed by atoms with van der Waals surface area (Å²) in [5.74, 6) is 1.23. The Kier molecular flexibility index (Phi) is 7.68. The number of para-hydroxylation sites is 1. The molecule has 0 radical (unpaired) electrons. The van der Waals surface area contributed by atoms with Gasteiger partial charge >= 0.3 is 0 Å². The first-order valence-corrected chi connectivity index (χ1v) is 10.6. The zero-order chi connectivity index (χ0) is 21.5. The predicted molar refractivity (Wildman–Crippen MR) is 118 cm³/mol. The fourth-order valence-electron chi connectivity index (χ4n) is 3.98. The summed E-state index contributed by atoms with van der Waals surface area (Å²) in [5.41, 5.74) is 2.38. The highest BCUT2D eigenvalue weighted by molar-refractivity contribution is 5.99. The first kappa shape index (κ1) is 22.1. The third-order valence-electron chi connectivity index (χ3n) is 5.70. The summed E-state index contributed by atoms with van der Waals surface area (Å²) in [6.07, 6.45) is 2.56. The number of amides is 2. The Bertz CT molecular complexity index is 780.